The summed E-state index contributed by atoms with van der Waals surface area (Å²) in [4.78, 5) is 12.1. The van der Waals surface area contributed by atoms with Crippen molar-refractivity contribution in [3.8, 4) is 22.9 Å². The van der Waals surface area contributed by atoms with Gasteiger partial charge in [0, 0.05) is 34.4 Å². The summed E-state index contributed by atoms with van der Waals surface area (Å²) in [5.41, 5.74) is 7.38. The highest BCUT2D eigenvalue weighted by molar-refractivity contribution is 5.85. The van der Waals surface area contributed by atoms with Crippen LogP contribution >= 0.6 is 0 Å². The summed E-state index contributed by atoms with van der Waals surface area (Å²) in [6, 6.07) is 15.3. The van der Waals surface area contributed by atoms with Crippen molar-refractivity contribution in [2.45, 2.75) is 13.8 Å². The number of hydrogen-bond donors (Lipinski definition) is 2. The Balaban J connectivity index is 1.35. The average Bonchev–Trinajstić information content (AvgIpc) is 3.36. The van der Waals surface area contributed by atoms with Gasteiger partial charge in [0.25, 0.3) is 5.91 Å². The normalized spacial score (nSPS) is 12.2. The summed E-state index contributed by atoms with van der Waals surface area (Å²) in [6.45, 7) is 4.35. The minimum Gasteiger partial charge on any atom is -0.497 e. The van der Waals surface area contributed by atoms with Crippen LogP contribution in [0.1, 0.15) is 17.0 Å². The van der Waals surface area contributed by atoms with Crippen LogP contribution in [0.3, 0.4) is 0 Å². The first-order chi connectivity index (χ1) is 15.0. The largest absolute Gasteiger partial charge is 0.497 e. The Kier molecular flexibility index (Phi) is 5.79. The Morgan fingerprint density at radius 2 is 1.90 bits per heavy atom. The first kappa shape index (κ1) is 20.3. The van der Waals surface area contributed by atoms with E-state index in [1.807, 2.05) is 50.2 Å². The predicted octanol–water partition coefficient (Wildman–Crippen LogP) is 3.39. The first-order valence-corrected chi connectivity index (χ1v) is 9.84. The smallest absolute Gasteiger partial charge is 0.259 e. The number of nitrogens with zero attached hydrogens (tertiary/aromatic N) is 2. The Morgan fingerprint density at radius 1 is 1.13 bits per heavy atom. The molecule has 0 fully saturated rings. The van der Waals surface area contributed by atoms with Gasteiger partial charge in [0.2, 0.25) is 6.79 Å². The zero-order valence-electron chi connectivity index (χ0n) is 17.6. The Bertz CT molecular complexity index is 1120. The van der Waals surface area contributed by atoms with Crippen molar-refractivity contribution in [1.29, 1.82) is 0 Å². The molecule has 8 heteroatoms. The van der Waals surface area contributed by atoms with E-state index in [0.717, 1.165) is 34.1 Å². The minimum absolute atomic E-state index is 0.0852. The number of aryl methyl sites for hydroxylation is 1. The Morgan fingerprint density at radius 3 is 2.68 bits per heavy atom. The lowest BCUT2D eigenvalue weighted by molar-refractivity contribution is -0.119. The van der Waals surface area contributed by atoms with E-state index in [4.69, 9.17) is 14.2 Å². The van der Waals surface area contributed by atoms with Crippen LogP contribution in [0.25, 0.3) is 5.69 Å². The molecule has 0 saturated carbocycles. The Hall–Kier alpha value is -3.94. The number of carbonyl (C=O) groups is 1. The lowest BCUT2D eigenvalue weighted by atomic mass is 10.2. The standard InChI is InChI=1S/C23H24N4O4/c1-15-10-17(16(2)27(15)19-5-7-20(29-3)8-6-19)12-25-26-23(28)13-24-18-4-9-21-22(11-18)31-14-30-21/h4-12,24H,13-14H2,1-3H3,(H,26,28)/b25-12-. The number of methoxy groups -OCH3 is 1. The van der Waals surface area contributed by atoms with E-state index in [0.29, 0.717) is 11.5 Å². The third-order valence-corrected chi connectivity index (χ3v) is 5.02. The molecule has 0 radical (unpaired) electrons. The van der Waals surface area contributed by atoms with Crippen LogP contribution in [0.4, 0.5) is 5.69 Å². The van der Waals surface area contributed by atoms with Gasteiger partial charge in [0.15, 0.2) is 11.5 Å². The molecule has 0 bridgehead atoms. The van der Waals surface area contributed by atoms with Crippen molar-refractivity contribution in [2.24, 2.45) is 5.10 Å². The maximum Gasteiger partial charge on any atom is 0.259 e. The van der Waals surface area contributed by atoms with Crippen molar-refractivity contribution in [3.63, 3.8) is 0 Å². The Labute approximate surface area is 180 Å². The summed E-state index contributed by atoms with van der Waals surface area (Å²) in [5.74, 6) is 1.92. The van der Waals surface area contributed by atoms with Crippen LogP contribution in [-0.4, -0.2) is 37.1 Å². The first-order valence-electron chi connectivity index (χ1n) is 9.84. The molecule has 2 N–H and O–H groups in total. The van der Waals surface area contributed by atoms with E-state index in [9.17, 15) is 4.79 Å². The fourth-order valence-electron chi connectivity index (χ4n) is 3.45. The number of ether oxygens (including phenoxy) is 3. The van der Waals surface area contributed by atoms with Gasteiger partial charge in [0.05, 0.1) is 19.9 Å². The zero-order chi connectivity index (χ0) is 21.8. The van der Waals surface area contributed by atoms with Crippen LogP contribution < -0.4 is 25.0 Å². The number of aromatic nitrogens is 1. The molecule has 1 aliphatic heterocycles. The second kappa shape index (κ2) is 8.83. The fraction of sp³-hybridized carbons (Fsp3) is 0.217. The number of hydrogen-bond acceptors (Lipinski definition) is 6. The van der Waals surface area contributed by atoms with Crippen LogP contribution in [0.5, 0.6) is 17.2 Å². The second-order valence-electron chi connectivity index (χ2n) is 7.07. The highest BCUT2D eigenvalue weighted by Gasteiger charge is 2.13. The van der Waals surface area contributed by atoms with E-state index >= 15 is 0 Å². The van der Waals surface area contributed by atoms with Crippen molar-refractivity contribution >= 4 is 17.8 Å². The maximum absolute atomic E-state index is 12.1. The number of rotatable bonds is 7. The molecule has 0 saturated heterocycles. The molecule has 0 atom stereocenters. The average molecular weight is 420 g/mol. The van der Waals surface area contributed by atoms with Crippen molar-refractivity contribution < 1.29 is 19.0 Å². The molecule has 0 aliphatic carbocycles. The topological polar surface area (TPSA) is 86.1 Å². The maximum atomic E-state index is 12.1. The molecule has 31 heavy (non-hydrogen) atoms. The lowest BCUT2D eigenvalue weighted by Gasteiger charge is -2.10. The van der Waals surface area contributed by atoms with Gasteiger partial charge < -0.3 is 24.1 Å². The number of anilines is 1. The summed E-state index contributed by atoms with van der Waals surface area (Å²) < 4.78 is 18.0. The van der Waals surface area contributed by atoms with Crippen LogP contribution in [0, 0.1) is 13.8 Å². The quantitative estimate of drug-likeness (QED) is 0.452. The summed E-state index contributed by atoms with van der Waals surface area (Å²) >= 11 is 0. The molecule has 2 aromatic carbocycles. The summed E-state index contributed by atoms with van der Waals surface area (Å²) in [5, 5.41) is 7.15. The molecule has 1 aliphatic rings. The minimum atomic E-state index is -0.252. The number of fused-ring (bicyclic) bond motifs is 1. The molecule has 2 heterocycles. The van der Waals surface area contributed by atoms with E-state index < -0.39 is 0 Å². The van der Waals surface area contributed by atoms with E-state index in [-0.39, 0.29) is 19.2 Å². The van der Waals surface area contributed by atoms with Crippen molar-refractivity contribution in [1.82, 2.24) is 9.99 Å². The monoisotopic (exact) mass is 420 g/mol. The van der Waals surface area contributed by atoms with Gasteiger partial charge in [-0.15, -0.1) is 0 Å². The van der Waals surface area contributed by atoms with E-state index in [1.54, 1.807) is 25.5 Å². The van der Waals surface area contributed by atoms with Gasteiger partial charge >= 0.3 is 0 Å². The van der Waals surface area contributed by atoms with Crippen LogP contribution in [0.15, 0.2) is 53.6 Å². The zero-order valence-corrected chi connectivity index (χ0v) is 17.6. The number of carbonyl (C=O) groups excluding carboxylic acids is 1. The van der Waals surface area contributed by atoms with Crippen LogP contribution in [-0.2, 0) is 4.79 Å². The van der Waals surface area contributed by atoms with Gasteiger partial charge in [-0.05, 0) is 56.3 Å². The third kappa shape index (κ3) is 4.48. The van der Waals surface area contributed by atoms with E-state index in [2.05, 4.69) is 20.4 Å². The molecule has 0 spiro atoms. The van der Waals surface area contributed by atoms with Gasteiger partial charge in [0.1, 0.15) is 5.75 Å². The van der Waals surface area contributed by atoms with Gasteiger partial charge in [-0.1, -0.05) is 0 Å². The van der Waals surface area contributed by atoms with Gasteiger partial charge in [-0.2, -0.15) is 5.10 Å². The molecular formula is C23H24N4O4. The number of hydrazone groups is 1. The van der Waals surface area contributed by atoms with Crippen molar-refractivity contribution in [3.05, 3.63) is 65.5 Å². The van der Waals surface area contributed by atoms with Gasteiger partial charge in [-0.25, -0.2) is 5.43 Å². The van der Waals surface area contributed by atoms with Crippen LogP contribution in [0.2, 0.25) is 0 Å². The van der Waals surface area contributed by atoms with E-state index in [1.165, 1.54) is 0 Å². The fourth-order valence-corrected chi connectivity index (χ4v) is 3.45. The SMILES string of the molecule is COc1ccc(-n2c(C)cc(/C=N\NC(=O)CNc3ccc4c(c3)OCO4)c2C)cc1. The molecule has 8 nitrogen and oxygen atoms in total. The summed E-state index contributed by atoms with van der Waals surface area (Å²) in [6.07, 6.45) is 1.65. The molecular weight excluding hydrogens is 396 g/mol. The third-order valence-electron chi connectivity index (χ3n) is 5.02. The molecule has 1 aromatic heterocycles. The number of benzene rings is 2. The predicted molar refractivity (Wildman–Crippen MR) is 119 cm³/mol. The summed E-state index contributed by atoms with van der Waals surface area (Å²) in [7, 11) is 1.65. The number of amides is 1. The number of nitrogens with one attached hydrogen (secondary N) is 2. The molecule has 0 unspecified atom stereocenters. The van der Waals surface area contributed by atoms with Gasteiger partial charge in [-0.3, -0.25) is 4.79 Å². The molecule has 160 valence electrons. The van der Waals surface area contributed by atoms with Crippen molar-refractivity contribution in [2.75, 3.05) is 25.8 Å². The highest BCUT2D eigenvalue weighted by Crippen LogP contribution is 2.34. The molecule has 4 rings (SSSR count). The molecule has 3 aromatic rings. The lowest BCUT2D eigenvalue weighted by Crippen LogP contribution is -2.25. The second-order valence-corrected chi connectivity index (χ2v) is 7.07. The molecule has 1 amide bonds. The highest BCUT2D eigenvalue weighted by atomic mass is 16.7.